The zero-order valence-corrected chi connectivity index (χ0v) is 15.4. The number of epoxide rings is 1. The maximum Gasteiger partial charge on any atom is 0.244 e. The highest BCUT2D eigenvalue weighted by atomic mass is 35.5. The molecule has 0 radical (unpaired) electrons. The Balaban J connectivity index is 1.66. The molecule has 0 aliphatic carbocycles. The van der Waals surface area contributed by atoms with E-state index in [1.54, 1.807) is 0 Å². The Morgan fingerprint density at radius 2 is 1.00 bits per heavy atom. The predicted octanol–water partition coefficient (Wildman–Crippen LogP) is 7.39. The first kappa shape index (κ1) is 19.6. The minimum atomic E-state index is -0.851. The molecule has 1 aliphatic rings. The molecule has 1 rings (SSSR count). The van der Waals surface area contributed by atoms with Crippen LogP contribution >= 0.6 is 23.2 Å². The van der Waals surface area contributed by atoms with E-state index >= 15 is 0 Å². The quantitative estimate of drug-likeness (QED) is 0.172. The summed E-state index contributed by atoms with van der Waals surface area (Å²) in [4.78, 5) is 0. The molecule has 21 heavy (non-hydrogen) atoms. The first-order valence-corrected chi connectivity index (χ1v) is 9.98. The van der Waals surface area contributed by atoms with Crippen LogP contribution in [0.25, 0.3) is 0 Å². The summed E-state index contributed by atoms with van der Waals surface area (Å²) in [5.74, 6) is 0. The Morgan fingerprint density at radius 3 is 1.33 bits per heavy atom. The smallest absolute Gasteiger partial charge is 0.244 e. The molecule has 0 aromatic rings. The second kappa shape index (κ2) is 12.0. The lowest BCUT2D eigenvalue weighted by Crippen LogP contribution is -1.95. The summed E-state index contributed by atoms with van der Waals surface area (Å²) in [6.45, 7) is 2.28. The zero-order valence-electron chi connectivity index (χ0n) is 13.8. The Bertz CT molecular complexity index is 243. The minimum Gasteiger partial charge on any atom is -0.335 e. The molecule has 1 saturated heterocycles. The Labute approximate surface area is 142 Å². The van der Waals surface area contributed by atoms with Gasteiger partial charge in [0.05, 0.1) is 0 Å². The van der Waals surface area contributed by atoms with Gasteiger partial charge in [-0.25, -0.2) is 0 Å². The van der Waals surface area contributed by atoms with Crippen LogP contribution in [0.2, 0.25) is 0 Å². The number of hydrogen-bond acceptors (Lipinski definition) is 1. The van der Waals surface area contributed by atoms with E-state index in [1.165, 1.54) is 89.9 Å². The van der Waals surface area contributed by atoms with Gasteiger partial charge in [0.25, 0.3) is 0 Å². The minimum absolute atomic E-state index is 0.0955. The van der Waals surface area contributed by atoms with Crippen molar-refractivity contribution in [1.82, 2.24) is 0 Å². The van der Waals surface area contributed by atoms with E-state index in [2.05, 4.69) is 6.92 Å². The van der Waals surface area contributed by atoms with Crippen LogP contribution in [0.1, 0.15) is 103 Å². The highest BCUT2D eigenvalue weighted by Gasteiger charge is 2.53. The van der Waals surface area contributed by atoms with Gasteiger partial charge in [-0.3, -0.25) is 0 Å². The van der Waals surface area contributed by atoms with Crippen molar-refractivity contribution in [1.29, 1.82) is 0 Å². The maximum atomic E-state index is 5.81. The van der Waals surface area contributed by atoms with E-state index in [9.17, 15) is 0 Å². The lowest BCUT2D eigenvalue weighted by atomic mass is 10.0. The predicted molar refractivity (Wildman–Crippen MR) is 94.2 cm³/mol. The highest BCUT2D eigenvalue weighted by Crippen LogP contribution is 2.47. The summed E-state index contributed by atoms with van der Waals surface area (Å²) < 4.78 is 4.30. The summed E-state index contributed by atoms with van der Waals surface area (Å²) in [5, 5.41) is 0. The van der Waals surface area contributed by atoms with Crippen LogP contribution in [0.4, 0.5) is 0 Å². The van der Waals surface area contributed by atoms with Gasteiger partial charge < -0.3 is 4.74 Å². The third-order valence-corrected chi connectivity index (χ3v) is 5.10. The molecule has 0 spiro atoms. The summed E-state index contributed by atoms with van der Waals surface area (Å²) in [6.07, 6.45) is 20.6. The number of alkyl halides is 2. The van der Waals surface area contributed by atoms with Gasteiger partial charge in [0.15, 0.2) is 0 Å². The molecule has 3 heteroatoms. The van der Waals surface area contributed by atoms with E-state index in [0.717, 1.165) is 6.42 Å². The monoisotopic (exact) mass is 336 g/mol. The van der Waals surface area contributed by atoms with Crippen molar-refractivity contribution < 1.29 is 4.74 Å². The largest absolute Gasteiger partial charge is 0.335 e. The Morgan fingerprint density at radius 1 is 0.667 bits per heavy atom. The van der Waals surface area contributed by atoms with Gasteiger partial charge in [-0.2, -0.15) is 0 Å². The Kier molecular flexibility index (Phi) is 11.2. The first-order valence-electron chi connectivity index (χ1n) is 9.22. The van der Waals surface area contributed by atoms with Crippen LogP contribution in [-0.4, -0.2) is 10.6 Å². The zero-order chi connectivity index (χ0) is 15.4. The topological polar surface area (TPSA) is 12.5 Å². The van der Waals surface area contributed by atoms with Crippen molar-refractivity contribution >= 4 is 23.2 Å². The average Bonchev–Trinajstić information content (AvgIpc) is 3.06. The highest BCUT2D eigenvalue weighted by molar-refractivity contribution is 6.49. The molecule has 0 aromatic heterocycles. The lowest BCUT2D eigenvalue weighted by molar-refractivity contribution is 0.371. The standard InChI is InChI=1S/C18H34Cl2O/c1-2-3-4-5-6-7-8-9-10-11-12-13-14-15-16-17-18(19,20)21-17/h17H,2-16H2,1H3. The molecule has 0 bridgehead atoms. The number of hydrogen-bond donors (Lipinski definition) is 0. The molecule has 1 fully saturated rings. The fourth-order valence-electron chi connectivity index (χ4n) is 2.91. The maximum absolute atomic E-state index is 5.81. The number of halogens is 2. The van der Waals surface area contributed by atoms with Gasteiger partial charge >= 0.3 is 0 Å². The summed E-state index contributed by atoms with van der Waals surface area (Å²) >= 11 is 11.6. The molecule has 0 saturated carbocycles. The van der Waals surface area contributed by atoms with Crippen LogP contribution in [0.5, 0.6) is 0 Å². The molecule has 126 valence electrons. The summed E-state index contributed by atoms with van der Waals surface area (Å²) in [6, 6.07) is 0. The van der Waals surface area contributed by atoms with Gasteiger partial charge in [0, 0.05) is 0 Å². The van der Waals surface area contributed by atoms with Crippen molar-refractivity contribution in [3.8, 4) is 0 Å². The average molecular weight is 337 g/mol. The van der Waals surface area contributed by atoms with Crippen LogP contribution in [-0.2, 0) is 4.74 Å². The molecule has 0 amide bonds. The fraction of sp³-hybridized carbons (Fsp3) is 1.00. The number of rotatable bonds is 15. The van der Waals surface area contributed by atoms with Crippen LogP contribution in [0.15, 0.2) is 0 Å². The van der Waals surface area contributed by atoms with Gasteiger partial charge in [0.2, 0.25) is 4.52 Å². The molecule has 0 N–H and O–H groups in total. The summed E-state index contributed by atoms with van der Waals surface area (Å²) in [5.41, 5.74) is 0. The van der Waals surface area contributed by atoms with E-state index in [4.69, 9.17) is 27.9 Å². The van der Waals surface area contributed by atoms with E-state index in [-0.39, 0.29) is 6.10 Å². The van der Waals surface area contributed by atoms with Crippen molar-refractivity contribution in [2.75, 3.05) is 0 Å². The third-order valence-electron chi connectivity index (χ3n) is 4.44. The molecule has 1 aliphatic heterocycles. The van der Waals surface area contributed by atoms with Crippen molar-refractivity contribution in [3.05, 3.63) is 0 Å². The SMILES string of the molecule is CCCCCCCCCCCCCCCCC1OC1(Cl)Cl. The van der Waals surface area contributed by atoms with Crippen LogP contribution in [0.3, 0.4) is 0 Å². The molecule has 1 unspecified atom stereocenters. The Hall–Kier alpha value is 0.540. The van der Waals surface area contributed by atoms with Crippen LogP contribution < -0.4 is 0 Å². The number of ether oxygens (including phenoxy) is 1. The fourth-order valence-corrected chi connectivity index (χ4v) is 3.34. The number of unbranched alkanes of at least 4 members (excludes halogenated alkanes) is 13. The molecule has 1 nitrogen and oxygen atoms in total. The molecular weight excluding hydrogens is 303 g/mol. The van der Waals surface area contributed by atoms with Gasteiger partial charge in [0.1, 0.15) is 6.10 Å². The second-order valence-electron chi connectivity index (χ2n) is 6.55. The van der Waals surface area contributed by atoms with Crippen LogP contribution in [0, 0.1) is 0 Å². The lowest BCUT2D eigenvalue weighted by Gasteiger charge is -2.03. The second-order valence-corrected chi connectivity index (χ2v) is 7.87. The van der Waals surface area contributed by atoms with Crippen molar-refractivity contribution in [2.24, 2.45) is 0 Å². The van der Waals surface area contributed by atoms with Crippen molar-refractivity contribution in [3.63, 3.8) is 0 Å². The summed E-state index contributed by atoms with van der Waals surface area (Å²) in [7, 11) is 0. The van der Waals surface area contributed by atoms with Gasteiger partial charge in [-0.05, 0) is 6.42 Å². The first-order chi connectivity index (χ1) is 10.2. The van der Waals surface area contributed by atoms with Gasteiger partial charge in [-0.15, -0.1) is 0 Å². The van der Waals surface area contributed by atoms with Crippen molar-refractivity contribution in [2.45, 2.75) is 114 Å². The molecule has 0 aromatic carbocycles. The molecular formula is C18H34Cl2O. The van der Waals surface area contributed by atoms with Gasteiger partial charge in [-0.1, -0.05) is 120 Å². The molecule has 1 atom stereocenters. The third kappa shape index (κ3) is 10.8. The molecule has 1 heterocycles. The normalized spacial score (nSPS) is 19.9. The van der Waals surface area contributed by atoms with E-state index in [0.29, 0.717) is 0 Å². The van der Waals surface area contributed by atoms with E-state index in [1.807, 2.05) is 0 Å². The van der Waals surface area contributed by atoms with E-state index < -0.39 is 4.52 Å².